The van der Waals surface area contributed by atoms with E-state index in [4.69, 9.17) is 30.1 Å². The number of H-pyrrole nitrogens is 1. The molecule has 2 rings (SSSR count). The molecule has 1 saturated heterocycles. The molecule has 0 aliphatic carbocycles. The number of hydrogen-bond donors (Lipinski definition) is 2. The normalized spacial score (nSPS) is 25.6. The number of aromatic amines is 1. The zero-order valence-corrected chi connectivity index (χ0v) is 15.6. The largest absolute Gasteiger partial charge is 0.394 e. The topological polar surface area (TPSA) is 112 Å². The molecule has 25 heavy (non-hydrogen) atoms. The van der Waals surface area contributed by atoms with Gasteiger partial charge < -0.3 is 23.4 Å². The average molecular weight is 392 g/mol. The van der Waals surface area contributed by atoms with Gasteiger partial charge in [0.1, 0.15) is 12.3 Å². The molecule has 0 saturated carbocycles. The molecule has 4 atom stereocenters. The first-order valence-electron chi connectivity index (χ1n) is 7.51. The van der Waals surface area contributed by atoms with Crippen molar-refractivity contribution >= 4 is 18.5 Å². The van der Waals surface area contributed by atoms with E-state index in [1.165, 1.54) is 23.9 Å². The lowest BCUT2D eigenvalue weighted by Crippen LogP contribution is -2.33. The lowest BCUT2D eigenvalue weighted by molar-refractivity contribution is -0.0444. The van der Waals surface area contributed by atoms with Crippen molar-refractivity contribution in [2.75, 3.05) is 20.3 Å². The highest BCUT2D eigenvalue weighted by Gasteiger charge is 2.40. The predicted molar refractivity (Wildman–Crippen MR) is 94.0 cm³/mol. The molecule has 140 valence electrons. The van der Waals surface area contributed by atoms with Crippen molar-refractivity contribution in [3.05, 3.63) is 45.3 Å². The molecule has 1 aromatic rings. The molecule has 11 heteroatoms. The van der Waals surface area contributed by atoms with Crippen LogP contribution < -0.4 is 11.2 Å². The Kier molecular flexibility index (Phi) is 6.86. The molecule has 0 spiro atoms. The van der Waals surface area contributed by atoms with E-state index >= 15 is 0 Å². The third-order valence-corrected chi connectivity index (χ3v) is 6.12. The quantitative estimate of drug-likeness (QED) is 0.488. The lowest BCUT2D eigenvalue weighted by Gasteiger charge is -2.24. The van der Waals surface area contributed by atoms with Gasteiger partial charge in [-0.1, -0.05) is 6.08 Å². The van der Waals surface area contributed by atoms with E-state index in [0.717, 1.165) is 0 Å². The third-order valence-electron chi connectivity index (χ3n) is 3.66. The van der Waals surface area contributed by atoms with Gasteiger partial charge in [-0.3, -0.25) is 14.3 Å². The Hall–Kier alpha value is -1.13. The lowest BCUT2D eigenvalue weighted by atomic mass is 10.2. The highest BCUT2D eigenvalue weighted by Crippen LogP contribution is 2.52. The fraction of sp³-hybridized carbons (Fsp3) is 0.571. The van der Waals surface area contributed by atoms with Crippen molar-refractivity contribution in [2.45, 2.75) is 31.8 Å². The Labute approximate surface area is 149 Å². The van der Waals surface area contributed by atoms with Crippen LogP contribution >= 0.6 is 6.72 Å². The minimum atomic E-state index is -3.04. The van der Waals surface area contributed by atoms with Gasteiger partial charge in [0.15, 0.2) is 0 Å². The fourth-order valence-corrected chi connectivity index (χ4v) is 3.99. The van der Waals surface area contributed by atoms with Crippen molar-refractivity contribution < 1.29 is 23.4 Å². The third kappa shape index (κ3) is 4.73. The Morgan fingerprint density at radius 2 is 2.32 bits per heavy atom. The van der Waals surface area contributed by atoms with Crippen LogP contribution in [0.2, 0.25) is 0 Å². The Morgan fingerprint density at radius 1 is 1.60 bits per heavy atom. The smallest absolute Gasteiger partial charge is 0.330 e. The SMILES string of the molecule is C=CCO[P@](=S)(OC)O[C@H]1C[C@H](n2cc(C)c(=O)[nH]c2=O)O[C@@H]1CO. The van der Waals surface area contributed by atoms with Gasteiger partial charge in [-0.05, 0) is 18.7 Å². The molecular weight excluding hydrogens is 371 g/mol. The van der Waals surface area contributed by atoms with Crippen LogP contribution in [-0.2, 0) is 30.1 Å². The van der Waals surface area contributed by atoms with Crippen molar-refractivity contribution in [1.29, 1.82) is 0 Å². The summed E-state index contributed by atoms with van der Waals surface area (Å²) in [6.45, 7) is 1.90. The number of ether oxygens (including phenoxy) is 1. The van der Waals surface area contributed by atoms with Gasteiger partial charge in [0.2, 0.25) is 0 Å². The summed E-state index contributed by atoms with van der Waals surface area (Å²) in [5.41, 5.74) is -0.699. The summed E-state index contributed by atoms with van der Waals surface area (Å²) >= 11 is 5.27. The number of aromatic nitrogens is 2. The first kappa shape index (κ1) is 20.2. The molecular formula is C14H21N2O7PS. The van der Waals surface area contributed by atoms with E-state index in [2.05, 4.69) is 11.6 Å². The molecule has 0 amide bonds. The van der Waals surface area contributed by atoms with Gasteiger partial charge in [0, 0.05) is 25.3 Å². The van der Waals surface area contributed by atoms with Crippen LogP contribution in [-0.4, -0.2) is 47.2 Å². The summed E-state index contributed by atoms with van der Waals surface area (Å²) in [4.78, 5) is 25.7. The van der Waals surface area contributed by atoms with Gasteiger partial charge in [-0.25, -0.2) is 4.79 Å². The van der Waals surface area contributed by atoms with E-state index in [1.807, 2.05) is 0 Å². The summed E-state index contributed by atoms with van der Waals surface area (Å²) in [6, 6.07) is 0. The standard InChI is InChI=1S/C14H21N2O7PS/c1-4-5-21-24(25,20-3)23-10-6-12(22-11(10)8-17)16-7-9(2)13(18)15-14(16)19/h4,7,10-12,17H,1,5-6,8H2,2-3H3,(H,15,18,19)/t10-,11+,12+,24+/m0/s1. The van der Waals surface area contributed by atoms with Crippen LogP contribution in [0.5, 0.6) is 0 Å². The first-order valence-corrected chi connectivity index (χ1v) is 10.1. The van der Waals surface area contributed by atoms with Crippen LogP contribution in [0, 0.1) is 6.92 Å². The van der Waals surface area contributed by atoms with E-state index in [9.17, 15) is 14.7 Å². The van der Waals surface area contributed by atoms with Gasteiger partial charge in [-0.2, -0.15) is 0 Å². The summed E-state index contributed by atoms with van der Waals surface area (Å²) < 4.78 is 23.3. The van der Waals surface area contributed by atoms with E-state index in [0.29, 0.717) is 5.56 Å². The Bertz CT molecular complexity index is 777. The molecule has 2 N–H and O–H groups in total. The summed E-state index contributed by atoms with van der Waals surface area (Å²) in [6.07, 6.45) is 1.09. The molecule has 0 aromatic carbocycles. The fourth-order valence-electron chi connectivity index (χ4n) is 2.38. The van der Waals surface area contributed by atoms with Crippen LogP contribution in [0.15, 0.2) is 28.4 Å². The minimum absolute atomic E-state index is 0.157. The minimum Gasteiger partial charge on any atom is -0.394 e. The number of hydrogen-bond acceptors (Lipinski definition) is 8. The van der Waals surface area contributed by atoms with Gasteiger partial charge in [0.05, 0.1) is 19.3 Å². The Balaban J connectivity index is 2.21. The monoisotopic (exact) mass is 392 g/mol. The van der Waals surface area contributed by atoms with Crippen molar-refractivity contribution in [3.8, 4) is 0 Å². The second kappa shape index (κ2) is 8.50. The number of rotatable bonds is 8. The summed E-state index contributed by atoms with van der Waals surface area (Å²) in [5.74, 6) is 0. The number of nitrogens with zero attached hydrogens (tertiary/aromatic N) is 1. The summed E-state index contributed by atoms with van der Waals surface area (Å²) in [7, 11) is 1.38. The number of aliphatic hydroxyl groups excluding tert-OH is 1. The van der Waals surface area contributed by atoms with E-state index in [1.54, 1.807) is 6.92 Å². The molecule has 1 aromatic heterocycles. The molecule has 0 bridgehead atoms. The first-order chi connectivity index (χ1) is 11.8. The maximum atomic E-state index is 12.0. The van der Waals surface area contributed by atoms with Crippen LogP contribution in [0.3, 0.4) is 0 Å². The molecule has 0 unspecified atom stereocenters. The molecule has 1 aliphatic heterocycles. The van der Waals surface area contributed by atoms with Gasteiger partial charge >= 0.3 is 12.4 Å². The number of aryl methyl sites for hydroxylation is 1. The summed E-state index contributed by atoms with van der Waals surface area (Å²) in [5, 5.41) is 9.55. The van der Waals surface area contributed by atoms with Crippen LogP contribution in [0.25, 0.3) is 0 Å². The molecule has 0 radical (unpaired) electrons. The maximum absolute atomic E-state index is 12.0. The predicted octanol–water partition coefficient (Wildman–Crippen LogP) is 0.584. The Morgan fingerprint density at radius 3 is 2.92 bits per heavy atom. The van der Waals surface area contributed by atoms with Crippen LogP contribution in [0.1, 0.15) is 18.2 Å². The molecule has 1 fully saturated rings. The zero-order valence-electron chi connectivity index (χ0n) is 13.9. The van der Waals surface area contributed by atoms with E-state index in [-0.39, 0.29) is 19.6 Å². The second-order valence-electron chi connectivity index (χ2n) is 5.38. The molecule has 2 heterocycles. The van der Waals surface area contributed by atoms with Crippen molar-refractivity contribution in [2.24, 2.45) is 0 Å². The van der Waals surface area contributed by atoms with Crippen molar-refractivity contribution in [3.63, 3.8) is 0 Å². The highest BCUT2D eigenvalue weighted by atomic mass is 32.5. The second-order valence-corrected chi connectivity index (χ2v) is 8.45. The maximum Gasteiger partial charge on any atom is 0.330 e. The molecule has 1 aliphatic rings. The van der Waals surface area contributed by atoms with Crippen LogP contribution in [0.4, 0.5) is 0 Å². The highest BCUT2D eigenvalue weighted by molar-refractivity contribution is 8.07. The zero-order chi connectivity index (χ0) is 18.6. The van der Waals surface area contributed by atoms with Crippen molar-refractivity contribution in [1.82, 2.24) is 9.55 Å². The molecule has 9 nitrogen and oxygen atoms in total. The number of aliphatic hydroxyl groups is 1. The van der Waals surface area contributed by atoms with Gasteiger partial charge in [0.25, 0.3) is 5.56 Å². The van der Waals surface area contributed by atoms with Gasteiger partial charge in [-0.15, -0.1) is 6.58 Å². The van der Waals surface area contributed by atoms with E-state index < -0.39 is 36.4 Å². The number of nitrogens with one attached hydrogen (secondary N) is 1. The average Bonchev–Trinajstić information content (AvgIpc) is 2.98.